The van der Waals surface area contributed by atoms with Crippen molar-refractivity contribution >= 4 is 50.5 Å². The Balaban J connectivity index is 2.16. The predicted molar refractivity (Wildman–Crippen MR) is 103 cm³/mol. The van der Waals surface area contributed by atoms with Gasteiger partial charge in [0.15, 0.2) is 0 Å². The highest BCUT2D eigenvalue weighted by Gasteiger charge is 2.21. The van der Waals surface area contributed by atoms with E-state index in [1.165, 1.54) is 19.1 Å². The molecule has 0 heterocycles. The zero-order valence-corrected chi connectivity index (χ0v) is 15.8. The van der Waals surface area contributed by atoms with E-state index in [2.05, 4.69) is 10.6 Å². The highest BCUT2D eigenvalue weighted by Crippen LogP contribution is 2.21. The van der Waals surface area contributed by atoms with Crippen LogP contribution in [0.5, 0.6) is 0 Å². The van der Waals surface area contributed by atoms with E-state index in [0.717, 1.165) is 10.6 Å². The number of hydrogen-bond donors (Lipinski definition) is 2. The highest BCUT2D eigenvalue weighted by molar-refractivity contribution is 7.92. The summed E-state index contributed by atoms with van der Waals surface area (Å²) in [6.45, 7) is 0.985. The molecule has 2 rings (SSSR count). The van der Waals surface area contributed by atoms with E-state index >= 15 is 0 Å². The molecule has 138 valence electrons. The van der Waals surface area contributed by atoms with Gasteiger partial charge in [0.2, 0.25) is 21.8 Å². The molecule has 0 unspecified atom stereocenters. The second-order valence-corrected chi connectivity index (χ2v) is 7.90. The summed E-state index contributed by atoms with van der Waals surface area (Å²) < 4.78 is 25.2. The quantitative estimate of drug-likeness (QED) is 0.786. The average molecular weight is 396 g/mol. The van der Waals surface area contributed by atoms with Crippen LogP contribution in [0.1, 0.15) is 6.92 Å². The summed E-state index contributed by atoms with van der Waals surface area (Å²) in [5.74, 6) is -0.733. The summed E-state index contributed by atoms with van der Waals surface area (Å²) in [5.41, 5.74) is 1.35. The number of nitrogens with one attached hydrogen (secondary N) is 2. The molecule has 0 aromatic heterocycles. The summed E-state index contributed by atoms with van der Waals surface area (Å²) in [6, 6.07) is 12.6. The Morgan fingerprint density at radius 2 is 1.46 bits per heavy atom. The Morgan fingerprint density at radius 3 is 1.96 bits per heavy atom. The van der Waals surface area contributed by atoms with Crippen molar-refractivity contribution in [2.24, 2.45) is 0 Å². The number of benzene rings is 2. The van der Waals surface area contributed by atoms with Gasteiger partial charge in [-0.05, 0) is 48.5 Å². The van der Waals surface area contributed by atoms with Gasteiger partial charge in [0, 0.05) is 23.3 Å². The van der Waals surface area contributed by atoms with Crippen molar-refractivity contribution in [3.8, 4) is 0 Å². The van der Waals surface area contributed by atoms with E-state index in [9.17, 15) is 18.0 Å². The average Bonchev–Trinajstić information content (AvgIpc) is 2.54. The molecule has 0 saturated heterocycles. The van der Waals surface area contributed by atoms with Crippen LogP contribution in [0.2, 0.25) is 5.02 Å². The van der Waals surface area contributed by atoms with Gasteiger partial charge in [-0.3, -0.25) is 13.9 Å². The summed E-state index contributed by atoms with van der Waals surface area (Å²) >= 11 is 5.79. The third-order valence-electron chi connectivity index (χ3n) is 3.29. The molecule has 26 heavy (non-hydrogen) atoms. The van der Waals surface area contributed by atoms with Crippen molar-refractivity contribution in [1.82, 2.24) is 0 Å². The highest BCUT2D eigenvalue weighted by atomic mass is 35.5. The monoisotopic (exact) mass is 395 g/mol. The normalized spacial score (nSPS) is 10.9. The van der Waals surface area contributed by atoms with E-state index in [-0.39, 0.29) is 12.5 Å². The zero-order valence-electron chi connectivity index (χ0n) is 14.2. The number of hydrogen-bond acceptors (Lipinski definition) is 4. The number of nitrogens with zero attached hydrogens (tertiary/aromatic N) is 1. The summed E-state index contributed by atoms with van der Waals surface area (Å²) in [7, 11) is -3.68. The number of sulfonamides is 1. The maximum Gasteiger partial charge on any atom is 0.245 e. The van der Waals surface area contributed by atoms with Gasteiger partial charge in [-0.2, -0.15) is 0 Å². The van der Waals surface area contributed by atoms with Crippen molar-refractivity contribution in [3.05, 3.63) is 53.6 Å². The van der Waals surface area contributed by atoms with Crippen molar-refractivity contribution in [2.45, 2.75) is 6.92 Å². The largest absolute Gasteiger partial charge is 0.326 e. The molecule has 2 aromatic rings. The van der Waals surface area contributed by atoms with Crippen LogP contribution < -0.4 is 14.9 Å². The van der Waals surface area contributed by atoms with Crippen molar-refractivity contribution < 1.29 is 18.0 Å². The fourth-order valence-electron chi connectivity index (χ4n) is 2.18. The molecule has 2 N–H and O–H groups in total. The molecule has 7 nitrogen and oxygen atoms in total. The first-order valence-electron chi connectivity index (χ1n) is 7.56. The second-order valence-electron chi connectivity index (χ2n) is 5.55. The molecule has 9 heteroatoms. The molecular weight excluding hydrogens is 378 g/mol. The first-order chi connectivity index (χ1) is 12.1. The number of carbonyl (C=O) groups excluding carboxylic acids is 2. The van der Waals surface area contributed by atoms with Crippen LogP contribution in [0.25, 0.3) is 0 Å². The minimum Gasteiger partial charge on any atom is -0.326 e. The Bertz CT molecular complexity index is 897. The maximum atomic E-state index is 12.2. The molecular formula is C17H18ClN3O4S. The van der Waals surface area contributed by atoms with E-state index < -0.39 is 15.9 Å². The van der Waals surface area contributed by atoms with Crippen LogP contribution in [0, 0.1) is 0 Å². The zero-order chi connectivity index (χ0) is 19.3. The predicted octanol–water partition coefficient (Wildman–Crippen LogP) is 2.70. The lowest BCUT2D eigenvalue weighted by Crippen LogP contribution is -2.37. The van der Waals surface area contributed by atoms with Gasteiger partial charge in [-0.1, -0.05) is 11.6 Å². The minimum absolute atomic E-state index is 0.236. The van der Waals surface area contributed by atoms with E-state index in [0.29, 0.717) is 22.1 Å². The van der Waals surface area contributed by atoms with Gasteiger partial charge < -0.3 is 10.6 Å². The first-order valence-corrected chi connectivity index (χ1v) is 9.78. The fraction of sp³-hybridized carbons (Fsp3) is 0.176. The third kappa shape index (κ3) is 5.75. The lowest BCUT2D eigenvalue weighted by atomic mass is 10.2. The number of carbonyl (C=O) groups is 2. The molecule has 2 aromatic carbocycles. The number of anilines is 3. The van der Waals surface area contributed by atoms with Gasteiger partial charge in [-0.25, -0.2) is 8.42 Å². The lowest BCUT2D eigenvalue weighted by molar-refractivity contribution is -0.115. The summed E-state index contributed by atoms with van der Waals surface area (Å²) in [4.78, 5) is 23.3. The molecule has 0 saturated carbocycles. The molecule has 0 spiro atoms. The van der Waals surface area contributed by atoms with Gasteiger partial charge in [0.25, 0.3) is 0 Å². The molecule has 0 fully saturated rings. The van der Waals surface area contributed by atoms with Gasteiger partial charge in [0.05, 0.1) is 11.9 Å². The number of rotatable bonds is 6. The molecule has 2 amide bonds. The fourth-order valence-corrected chi connectivity index (χ4v) is 3.16. The van der Waals surface area contributed by atoms with Crippen LogP contribution >= 0.6 is 11.6 Å². The van der Waals surface area contributed by atoms with Crippen LogP contribution in [0.4, 0.5) is 17.1 Å². The van der Waals surface area contributed by atoms with Crippen molar-refractivity contribution in [2.75, 3.05) is 27.7 Å². The smallest absolute Gasteiger partial charge is 0.245 e. The molecule has 0 aliphatic carbocycles. The molecule has 0 aliphatic rings. The standard InChI is InChI=1S/C17H18ClN3O4S/c1-12(22)19-14-7-9-16(10-8-14)21(26(2,24)25)11-17(23)20-15-5-3-13(18)4-6-15/h3-10H,11H2,1-2H3,(H,19,22)(H,20,23). The third-order valence-corrected chi connectivity index (χ3v) is 4.68. The molecule has 0 bridgehead atoms. The Morgan fingerprint density at radius 1 is 0.962 bits per heavy atom. The molecule has 0 aliphatic heterocycles. The summed E-state index contributed by atoms with van der Waals surface area (Å²) in [6.07, 6.45) is 1.02. The number of halogens is 1. The van der Waals surface area contributed by atoms with Gasteiger partial charge in [-0.15, -0.1) is 0 Å². The van der Waals surface area contributed by atoms with Gasteiger partial charge >= 0.3 is 0 Å². The van der Waals surface area contributed by atoms with Crippen molar-refractivity contribution in [3.63, 3.8) is 0 Å². The Labute approximate surface area is 157 Å². The van der Waals surface area contributed by atoms with Crippen LogP contribution in [-0.2, 0) is 19.6 Å². The van der Waals surface area contributed by atoms with E-state index in [1.807, 2.05) is 0 Å². The second kappa shape index (κ2) is 8.20. The van der Waals surface area contributed by atoms with Gasteiger partial charge in [0.1, 0.15) is 6.54 Å². The van der Waals surface area contributed by atoms with Crippen LogP contribution in [0.3, 0.4) is 0 Å². The Kier molecular flexibility index (Phi) is 6.23. The number of amides is 2. The molecule has 0 atom stereocenters. The van der Waals surface area contributed by atoms with E-state index in [1.54, 1.807) is 36.4 Å². The van der Waals surface area contributed by atoms with Crippen LogP contribution in [0.15, 0.2) is 48.5 Å². The lowest BCUT2D eigenvalue weighted by Gasteiger charge is -2.22. The van der Waals surface area contributed by atoms with E-state index in [4.69, 9.17) is 11.6 Å². The molecule has 0 radical (unpaired) electrons. The first kappa shape index (κ1) is 19.7. The SMILES string of the molecule is CC(=O)Nc1ccc(N(CC(=O)Nc2ccc(Cl)cc2)S(C)(=O)=O)cc1. The topological polar surface area (TPSA) is 95.6 Å². The maximum absolute atomic E-state index is 12.2. The van der Waals surface area contributed by atoms with Crippen LogP contribution in [-0.4, -0.2) is 33.0 Å². The Hall–Kier alpha value is -2.58. The summed E-state index contributed by atoms with van der Waals surface area (Å²) in [5, 5.41) is 5.74. The van der Waals surface area contributed by atoms with Crippen molar-refractivity contribution in [1.29, 1.82) is 0 Å². The minimum atomic E-state index is -3.68.